The van der Waals surface area contributed by atoms with Crippen LogP contribution in [-0.4, -0.2) is 49.0 Å². The van der Waals surface area contributed by atoms with E-state index in [0.29, 0.717) is 25.6 Å². The van der Waals surface area contributed by atoms with Crippen molar-refractivity contribution in [3.8, 4) is 0 Å². The zero-order valence-electron chi connectivity index (χ0n) is 11.9. The molecule has 3 amide bonds. The summed E-state index contributed by atoms with van der Waals surface area (Å²) in [5.74, 6) is 0.484. The van der Waals surface area contributed by atoms with Gasteiger partial charge in [0.25, 0.3) is 0 Å². The molecule has 0 unspecified atom stereocenters. The van der Waals surface area contributed by atoms with Crippen molar-refractivity contribution < 1.29 is 9.59 Å². The van der Waals surface area contributed by atoms with Gasteiger partial charge in [0, 0.05) is 19.6 Å². The summed E-state index contributed by atoms with van der Waals surface area (Å²) in [4.78, 5) is 28.5. The van der Waals surface area contributed by atoms with Gasteiger partial charge in [-0.2, -0.15) is 11.3 Å². The molecule has 0 saturated carbocycles. The van der Waals surface area contributed by atoms with E-state index in [1.54, 1.807) is 11.3 Å². The van der Waals surface area contributed by atoms with Crippen LogP contribution >= 0.6 is 11.3 Å². The standard InChI is InChI=1S/C13H19N5O2S/c1-2-14-12(16-7-10-3-6-21-9-10)15-4-5-18-11(19)8-17-13(18)20/h3,6,9H,2,4-5,7-8H2,1H3,(H,17,20)(H2,14,15,16). The van der Waals surface area contributed by atoms with Gasteiger partial charge in [0.2, 0.25) is 5.91 Å². The summed E-state index contributed by atoms with van der Waals surface area (Å²) in [6.07, 6.45) is 0. The van der Waals surface area contributed by atoms with Gasteiger partial charge >= 0.3 is 6.03 Å². The highest BCUT2D eigenvalue weighted by atomic mass is 32.1. The first-order chi connectivity index (χ1) is 10.2. The van der Waals surface area contributed by atoms with Gasteiger partial charge in [0.15, 0.2) is 5.96 Å². The molecule has 0 bridgehead atoms. The van der Waals surface area contributed by atoms with E-state index >= 15 is 0 Å². The van der Waals surface area contributed by atoms with E-state index in [4.69, 9.17) is 0 Å². The minimum absolute atomic E-state index is 0.0884. The van der Waals surface area contributed by atoms with Crippen LogP contribution in [0.4, 0.5) is 4.79 Å². The molecular formula is C13H19N5O2S. The number of carbonyl (C=O) groups is 2. The summed E-state index contributed by atoms with van der Waals surface area (Å²) in [7, 11) is 0. The maximum Gasteiger partial charge on any atom is 0.324 e. The Morgan fingerprint density at radius 3 is 2.95 bits per heavy atom. The van der Waals surface area contributed by atoms with Crippen molar-refractivity contribution in [2.45, 2.75) is 13.5 Å². The fourth-order valence-corrected chi connectivity index (χ4v) is 2.52. The first-order valence-corrected chi connectivity index (χ1v) is 7.76. The largest absolute Gasteiger partial charge is 0.357 e. The van der Waals surface area contributed by atoms with Crippen LogP contribution in [0.25, 0.3) is 0 Å². The molecule has 114 valence electrons. The predicted molar refractivity (Wildman–Crippen MR) is 82.2 cm³/mol. The van der Waals surface area contributed by atoms with Gasteiger partial charge < -0.3 is 16.0 Å². The van der Waals surface area contributed by atoms with Gasteiger partial charge in [0.05, 0.1) is 13.1 Å². The zero-order valence-corrected chi connectivity index (χ0v) is 12.7. The third-order valence-corrected chi connectivity index (χ3v) is 3.64. The lowest BCUT2D eigenvalue weighted by Crippen LogP contribution is -2.43. The minimum Gasteiger partial charge on any atom is -0.357 e. The number of aliphatic imine (C=N–C) groups is 1. The highest BCUT2D eigenvalue weighted by Gasteiger charge is 2.27. The van der Waals surface area contributed by atoms with E-state index in [1.807, 2.05) is 18.4 Å². The Kier molecular flexibility index (Phi) is 5.56. The first-order valence-electron chi connectivity index (χ1n) is 6.82. The van der Waals surface area contributed by atoms with E-state index in [-0.39, 0.29) is 18.5 Å². The van der Waals surface area contributed by atoms with Gasteiger partial charge in [-0.15, -0.1) is 0 Å². The highest BCUT2D eigenvalue weighted by molar-refractivity contribution is 7.07. The molecule has 7 nitrogen and oxygen atoms in total. The third-order valence-electron chi connectivity index (χ3n) is 2.91. The molecule has 1 aromatic rings. The lowest BCUT2D eigenvalue weighted by molar-refractivity contribution is -0.124. The number of rotatable bonds is 6. The molecule has 21 heavy (non-hydrogen) atoms. The van der Waals surface area contributed by atoms with E-state index in [1.165, 1.54) is 4.90 Å². The maximum atomic E-state index is 11.4. The fourth-order valence-electron chi connectivity index (χ4n) is 1.86. The molecule has 2 heterocycles. The number of nitrogens with one attached hydrogen (secondary N) is 3. The van der Waals surface area contributed by atoms with Crippen LogP contribution in [0.3, 0.4) is 0 Å². The summed E-state index contributed by atoms with van der Waals surface area (Å²) in [6.45, 7) is 4.22. The summed E-state index contributed by atoms with van der Waals surface area (Å²) in [6, 6.07) is 1.70. The van der Waals surface area contributed by atoms with Gasteiger partial charge in [-0.05, 0) is 29.3 Å². The number of amides is 3. The molecule has 0 aromatic carbocycles. The van der Waals surface area contributed by atoms with Crippen molar-refractivity contribution in [3.05, 3.63) is 22.4 Å². The Morgan fingerprint density at radius 2 is 2.33 bits per heavy atom. The quantitative estimate of drug-likeness (QED) is 0.402. The van der Waals surface area contributed by atoms with Gasteiger partial charge in [0.1, 0.15) is 0 Å². The Bertz CT molecular complexity index is 499. The third kappa shape index (κ3) is 4.45. The molecule has 0 spiro atoms. The van der Waals surface area contributed by atoms with E-state index < -0.39 is 0 Å². The van der Waals surface area contributed by atoms with Crippen LogP contribution in [0.1, 0.15) is 12.5 Å². The lowest BCUT2D eigenvalue weighted by atomic mass is 10.3. The average Bonchev–Trinajstić information content (AvgIpc) is 3.09. The molecule has 0 aliphatic carbocycles. The second kappa shape index (κ2) is 7.63. The number of hydrogen-bond acceptors (Lipinski definition) is 4. The SMILES string of the molecule is CCNC(=NCc1ccsc1)NCCN1C(=O)CNC1=O. The smallest absolute Gasteiger partial charge is 0.324 e. The van der Waals surface area contributed by atoms with Crippen molar-refractivity contribution >= 4 is 29.2 Å². The topological polar surface area (TPSA) is 85.8 Å². The summed E-state index contributed by atoms with van der Waals surface area (Å²) < 4.78 is 0. The molecule has 1 saturated heterocycles. The first kappa shape index (κ1) is 15.3. The number of nitrogens with zero attached hydrogens (tertiary/aromatic N) is 2. The lowest BCUT2D eigenvalue weighted by Gasteiger charge is -2.15. The second-order valence-corrected chi connectivity index (χ2v) is 5.24. The molecule has 2 rings (SSSR count). The zero-order chi connectivity index (χ0) is 15.1. The fraction of sp³-hybridized carbons (Fsp3) is 0.462. The highest BCUT2D eigenvalue weighted by Crippen LogP contribution is 2.06. The van der Waals surface area contributed by atoms with Crippen molar-refractivity contribution in [1.29, 1.82) is 0 Å². The number of carbonyl (C=O) groups excluding carboxylic acids is 2. The van der Waals surface area contributed by atoms with E-state index in [2.05, 4.69) is 26.3 Å². The maximum absolute atomic E-state index is 11.4. The summed E-state index contributed by atoms with van der Waals surface area (Å²) in [5, 5.41) is 12.8. The Hall–Kier alpha value is -2.09. The molecule has 1 aliphatic heterocycles. The normalized spacial score (nSPS) is 15.3. The van der Waals surface area contributed by atoms with Gasteiger partial charge in [-0.3, -0.25) is 9.69 Å². The predicted octanol–water partition coefficient (Wildman–Crippen LogP) is 0.355. The number of guanidine groups is 1. The minimum atomic E-state index is -0.331. The molecule has 1 aromatic heterocycles. The molecule has 1 aliphatic rings. The monoisotopic (exact) mass is 309 g/mol. The molecular weight excluding hydrogens is 290 g/mol. The summed E-state index contributed by atoms with van der Waals surface area (Å²) >= 11 is 1.64. The number of hydrogen-bond donors (Lipinski definition) is 3. The number of urea groups is 1. The van der Waals surface area contributed by atoms with Crippen LogP contribution in [0.15, 0.2) is 21.8 Å². The van der Waals surface area contributed by atoms with Crippen LogP contribution in [0, 0.1) is 0 Å². The van der Waals surface area contributed by atoms with Crippen LogP contribution < -0.4 is 16.0 Å². The van der Waals surface area contributed by atoms with Gasteiger partial charge in [-0.1, -0.05) is 0 Å². The molecule has 0 radical (unpaired) electrons. The number of imide groups is 1. The molecule has 3 N–H and O–H groups in total. The Balaban J connectivity index is 1.81. The van der Waals surface area contributed by atoms with Crippen molar-refractivity contribution in [3.63, 3.8) is 0 Å². The molecule has 0 atom stereocenters. The van der Waals surface area contributed by atoms with E-state index in [0.717, 1.165) is 12.1 Å². The second-order valence-electron chi connectivity index (χ2n) is 4.46. The Morgan fingerprint density at radius 1 is 1.48 bits per heavy atom. The molecule has 1 fully saturated rings. The average molecular weight is 309 g/mol. The molecule has 8 heteroatoms. The van der Waals surface area contributed by atoms with Crippen molar-refractivity contribution in [2.24, 2.45) is 4.99 Å². The summed E-state index contributed by atoms with van der Waals surface area (Å²) in [5.41, 5.74) is 1.16. The number of thiophene rings is 1. The van der Waals surface area contributed by atoms with Crippen molar-refractivity contribution in [2.75, 3.05) is 26.2 Å². The van der Waals surface area contributed by atoms with Crippen molar-refractivity contribution in [1.82, 2.24) is 20.9 Å². The Labute approximate surface area is 127 Å². The van der Waals surface area contributed by atoms with E-state index in [9.17, 15) is 9.59 Å². The van der Waals surface area contributed by atoms with Crippen LogP contribution in [0.5, 0.6) is 0 Å². The van der Waals surface area contributed by atoms with Crippen LogP contribution in [0.2, 0.25) is 0 Å². The van der Waals surface area contributed by atoms with Crippen LogP contribution in [-0.2, 0) is 11.3 Å². The van der Waals surface area contributed by atoms with Gasteiger partial charge in [-0.25, -0.2) is 9.79 Å².